The third-order valence-electron chi connectivity index (χ3n) is 4.48. The number of carbonyl (C=O) groups excluding carboxylic acids is 1. The Balaban J connectivity index is 2.16. The van der Waals surface area contributed by atoms with Crippen molar-refractivity contribution in [2.45, 2.75) is 91.1 Å². The molecule has 2 nitrogen and oxygen atoms in total. The molecule has 0 amide bonds. The fourth-order valence-corrected chi connectivity index (χ4v) is 2.88. The second-order valence-corrected chi connectivity index (χ2v) is 6.69. The van der Waals surface area contributed by atoms with E-state index in [2.05, 4.69) is 38.1 Å². The molecular weight excluding hydrogens is 284 g/mol. The zero-order valence-electron chi connectivity index (χ0n) is 15.3. The van der Waals surface area contributed by atoms with Gasteiger partial charge in [0.1, 0.15) is 6.61 Å². The number of benzene rings is 1. The van der Waals surface area contributed by atoms with Crippen LogP contribution >= 0.6 is 0 Å². The second kappa shape index (κ2) is 12.2. The van der Waals surface area contributed by atoms with Crippen LogP contribution in [0.5, 0.6) is 0 Å². The summed E-state index contributed by atoms with van der Waals surface area (Å²) >= 11 is 0. The zero-order chi connectivity index (χ0) is 16.9. The smallest absolute Gasteiger partial charge is 0.302 e. The van der Waals surface area contributed by atoms with Gasteiger partial charge in [-0.15, -0.1) is 0 Å². The molecule has 130 valence electrons. The molecular formula is C21H34O2. The zero-order valence-corrected chi connectivity index (χ0v) is 15.3. The molecule has 0 fully saturated rings. The minimum atomic E-state index is -0.225. The first-order chi connectivity index (χ1) is 11.1. The van der Waals surface area contributed by atoms with Gasteiger partial charge in [-0.25, -0.2) is 0 Å². The Morgan fingerprint density at radius 2 is 1.52 bits per heavy atom. The molecule has 0 aliphatic heterocycles. The number of unbranched alkanes of at least 4 members (excludes halogenated alkanes) is 7. The van der Waals surface area contributed by atoms with Crippen LogP contribution in [0.3, 0.4) is 0 Å². The van der Waals surface area contributed by atoms with E-state index in [-0.39, 0.29) is 5.97 Å². The van der Waals surface area contributed by atoms with Crippen LogP contribution in [0.1, 0.15) is 95.6 Å². The van der Waals surface area contributed by atoms with Gasteiger partial charge in [-0.2, -0.15) is 0 Å². The first-order valence-corrected chi connectivity index (χ1v) is 9.35. The fraction of sp³-hybridized carbons (Fsp3) is 0.667. The van der Waals surface area contributed by atoms with E-state index >= 15 is 0 Å². The van der Waals surface area contributed by atoms with Gasteiger partial charge in [0.25, 0.3) is 0 Å². The maximum atomic E-state index is 10.8. The first-order valence-electron chi connectivity index (χ1n) is 9.35. The van der Waals surface area contributed by atoms with Crippen molar-refractivity contribution in [3.05, 3.63) is 35.4 Å². The van der Waals surface area contributed by atoms with E-state index in [9.17, 15) is 4.79 Å². The van der Waals surface area contributed by atoms with Gasteiger partial charge in [-0.1, -0.05) is 89.5 Å². The topological polar surface area (TPSA) is 26.3 Å². The summed E-state index contributed by atoms with van der Waals surface area (Å²) in [6.45, 7) is 6.40. The predicted molar refractivity (Wildman–Crippen MR) is 97.6 cm³/mol. The molecule has 0 aromatic heterocycles. The van der Waals surface area contributed by atoms with Gasteiger partial charge in [0, 0.05) is 6.92 Å². The maximum absolute atomic E-state index is 10.8. The van der Waals surface area contributed by atoms with E-state index in [1.54, 1.807) is 0 Å². The summed E-state index contributed by atoms with van der Waals surface area (Å²) in [5.74, 6) is 0.384. The highest BCUT2D eigenvalue weighted by molar-refractivity contribution is 5.65. The normalized spacial score (nSPS) is 12.1. The summed E-state index contributed by atoms with van der Waals surface area (Å²) in [7, 11) is 0. The van der Waals surface area contributed by atoms with Gasteiger partial charge in [0.05, 0.1) is 0 Å². The molecule has 0 saturated carbocycles. The molecule has 1 atom stereocenters. The van der Waals surface area contributed by atoms with Crippen LogP contribution in [-0.2, 0) is 16.1 Å². The third-order valence-corrected chi connectivity index (χ3v) is 4.48. The molecule has 0 heterocycles. The Labute approximate surface area is 142 Å². The number of esters is 1. The summed E-state index contributed by atoms with van der Waals surface area (Å²) < 4.78 is 5.02. The minimum Gasteiger partial charge on any atom is -0.461 e. The average Bonchev–Trinajstić information content (AvgIpc) is 2.55. The molecule has 1 aromatic carbocycles. The van der Waals surface area contributed by atoms with Gasteiger partial charge in [0.2, 0.25) is 0 Å². The van der Waals surface area contributed by atoms with Crippen LogP contribution in [0.25, 0.3) is 0 Å². The highest BCUT2D eigenvalue weighted by Crippen LogP contribution is 2.23. The first kappa shape index (κ1) is 19.7. The third kappa shape index (κ3) is 9.43. The van der Waals surface area contributed by atoms with Crippen molar-refractivity contribution >= 4 is 5.97 Å². The van der Waals surface area contributed by atoms with Crippen LogP contribution in [0.4, 0.5) is 0 Å². The van der Waals surface area contributed by atoms with Gasteiger partial charge in [-0.3, -0.25) is 4.79 Å². The predicted octanol–water partition coefficient (Wildman–Crippen LogP) is 6.38. The monoisotopic (exact) mass is 318 g/mol. The highest BCUT2D eigenvalue weighted by Gasteiger charge is 2.06. The molecule has 0 spiro atoms. The highest BCUT2D eigenvalue weighted by atomic mass is 16.5. The van der Waals surface area contributed by atoms with Crippen LogP contribution in [0.15, 0.2) is 24.3 Å². The van der Waals surface area contributed by atoms with Gasteiger partial charge in [0.15, 0.2) is 0 Å². The fourth-order valence-electron chi connectivity index (χ4n) is 2.88. The molecule has 0 radical (unpaired) electrons. The molecule has 0 aliphatic rings. The van der Waals surface area contributed by atoms with E-state index in [0.717, 1.165) is 5.56 Å². The van der Waals surface area contributed by atoms with Gasteiger partial charge < -0.3 is 4.74 Å². The lowest BCUT2D eigenvalue weighted by Crippen LogP contribution is -1.99. The molecule has 0 saturated heterocycles. The summed E-state index contributed by atoms with van der Waals surface area (Å²) in [6, 6.07) is 8.49. The summed E-state index contributed by atoms with van der Waals surface area (Å²) in [4.78, 5) is 10.8. The quantitative estimate of drug-likeness (QED) is 0.330. The van der Waals surface area contributed by atoms with Gasteiger partial charge >= 0.3 is 5.97 Å². The van der Waals surface area contributed by atoms with E-state index in [4.69, 9.17) is 4.74 Å². The Bertz CT molecular complexity index is 422. The molecule has 1 aromatic rings. The van der Waals surface area contributed by atoms with E-state index < -0.39 is 0 Å². The van der Waals surface area contributed by atoms with Crippen molar-refractivity contribution in [2.24, 2.45) is 0 Å². The van der Waals surface area contributed by atoms with Crippen molar-refractivity contribution < 1.29 is 9.53 Å². The molecule has 1 unspecified atom stereocenters. The van der Waals surface area contributed by atoms with Crippen molar-refractivity contribution in [3.8, 4) is 0 Å². The number of hydrogen-bond donors (Lipinski definition) is 0. The molecule has 0 N–H and O–H groups in total. The van der Waals surface area contributed by atoms with Crippen LogP contribution in [0, 0.1) is 0 Å². The lowest BCUT2D eigenvalue weighted by molar-refractivity contribution is -0.142. The standard InChI is InChI=1S/C21H34O2/c1-4-5-6-7-8-9-10-11-12-18(2)21-15-13-20(14-16-21)17-23-19(3)22/h13-16,18H,4-12,17H2,1-3H3. The van der Waals surface area contributed by atoms with Crippen molar-refractivity contribution in [1.29, 1.82) is 0 Å². The van der Waals surface area contributed by atoms with E-state index in [0.29, 0.717) is 12.5 Å². The molecule has 23 heavy (non-hydrogen) atoms. The van der Waals surface area contributed by atoms with Crippen molar-refractivity contribution in [2.75, 3.05) is 0 Å². The van der Waals surface area contributed by atoms with Crippen LogP contribution in [0.2, 0.25) is 0 Å². The Hall–Kier alpha value is -1.31. The van der Waals surface area contributed by atoms with Crippen molar-refractivity contribution in [1.82, 2.24) is 0 Å². The second-order valence-electron chi connectivity index (χ2n) is 6.69. The van der Waals surface area contributed by atoms with Gasteiger partial charge in [-0.05, 0) is 23.5 Å². The summed E-state index contributed by atoms with van der Waals surface area (Å²) in [5.41, 5.74) is 2.45. The molecule has 1 rings (SSSR count). The SMILES string of the molecule is CCCCCCCCCCC(C)c1ccc(COC(C)=O)cc1. The summed E-state index contributed by atoms with van der Waals surface area (Å²) in [6.07, 6.45) is 12.3. The Morgan fingerprint density at radius 3 is 2.09 bits per heavy atom. The largest absolute Gasteiger partial charge is 0.461 e. The number of carbonyl (C=O) groups is 1. The van der Waals surface area contributed by atoms with E-state index in [1.807, 2.05) is 0 Å². The average molecular weight is 319 g/mol. The van der Waals surface area contributed by atoms with Crippen LogP contribution in [-0.4, -0.2) is 5.97 Å². The lowest BCUT2D eigenvalue weighted by atomic mass is 9.94. The Kier molecular flexibility index (Phi) is 10.4. The van der Waals surface area contributed by atoms with Crippen molar-refractivity contribution in [3.63, 3.8) is 0 Å². The molecule has 0 aliphatic carbocycles. The Morgan fingerprint density at radius 1 is 0.957 bits per heavy atom. The van der Waals surface area contributed by atoms with E-state index in [1.165, 1.54) is 70.3 Å². The molecule has 2 heteroatoms. The lowest BCUT2D eigenvalue weighted by Gasteiger charge is -2.12. The number of hydrogen-bond acceptors (Lipinski definition) is 2. The number of ether oxygens (including phenoxy) is 1. The number of rotatable bonds is 12. The maximum Gasteiger partial charge on any atom is 0.302 e. The minimum absolute atomic E-state index is 0.225. The summed E-state index contributed by atoms with van der Waals surface area (Å²) in [5, 5.41) is 0. The van der Waals surface area contributed by atoms with Crippen LogP contribution < -0.4 is 0 Å². The molecule has 0 bridgehead atoms.